The lowest BCUT2D eigenvalue weighted by Crippen LogP contribution is -2.43. The monoisotopic (exact) mass is 357 g/mol. The summed E-state index contributed by atoms with van der Waals surface area (Å²) >= 11 is 0. The molecular weight excluding hydrogens is 334 g/mol. The summed E-state index contributed by atoms with van der Waals surface area (Å²) in [4.78, 5) is 23.1. The van der Waals surface area contributed by atoms with Crippen LogP contribution in [0.25, 0.3) is 0 Å². The molecule has 0 saturated carbocycles. The van der Waals surface area contributed by atoms with E-state index in [2.05, 4.69) is 9.97 Å². The Morgan fingerprint density at radius 2 is 2.12 bits per heavy atom. The van der Waals surface area contributed by atoms with Crippen molar-refractivity contribution < 1.29 is 19.0 Å². The molecule has 1 saturated heterocycles. The Bertz CT molecular complexity index is 739. The number of aromatic nitrogens is 2. The smallest absolute Gasteiger partial charge is 0.259 e. The minimum atomic E-state index is -0.108. The molecule has 26 heavy (non-hydrogen) atoms. The van der Waals surface area contributed by atoms with Crippen LogP contribution in [-0.4, -0.2) is 54.2 Å². The van der Waals surface area contributed by atoms with Crippen LogP contribution in [0.3, 0.4) is 0 Å². The molecule has 7 nitrogen and oxygen atoms in total. The van der Waals surface area contributed by atoms with Gasteiger partial charge in [-0.15, -0.1) is 0 Å². The molecular formula is C19H23N3O4. The standard InChI is InChI=1S/C19H23N3O4/c1-24-17-9-8-16(18(21-17)25-2)19(23)22-11-5-7-15(12-22)26-13-14-6-3-4-10-20-14/h3-4,6,8-10,15H,5,7,11-13H2,1-2H3/t15-/m1/s1. The predicted octanol–water partition coefficient (Wildman–Crippen LogP) is 2.32. The zero-order valence-electron chi connectivity index (χ0n) is 15.1. The highest BCUT2D eigenvalue weighted by Crippen LogP contribution is 2.24. The van der Waals surface area contributed by atoms with E-state index in [9.17, 15) is 4.79 Å². The van der Waals surface area contributed by atoms with Gasteiger partial charge in [-0.2, -0.15) is 4.98 Å². The number of ether oxygens (including phenoxy) is 3. The van der Waals surface area contributed by atoms with Crippen LogP contribution in [0.4, 0.5) is 0 Å². The number of piperidine rings is 1. The first-order valence-electron chi connectivity index (χ1n) is 8.61. The van der Waals surface area contributed by atoms with Crippen molar-refractivity contribution in [3.05, 3.63) is 47.8 Å². The summed E-state index contributed by atoms with van der Waals surface area (Å²) in [5.41, 5.74) is 1.32. The van der Waals surface area contributed by atoms with Crippen molar-refractivity contribution in [2.45, 2.75) is 25.6 Å². The quantitative estimate of drug-likeness (QED) is 0.790. The fraction of sp³-hybridized carbons (Fsp3) is 0.421. The molecule has 0 N–H and O–H groups in total. The fourth-order valence-corrected chi connectivity index (χ4v) is 2.97. The van der Waals surface area contributed by atoms with E-state index in [-0.39, 0.29) is 17.9 Å². The minimum absolute atomic E-state index is 0.00749. The van der Waals surface area contributed by atoms with Crippen molar-refractivity contribution in [1.82, 2.24) is 14.9 Å². The van der Waals surface area contributed by atoms with Crippen molar-refractivity contribution in [3.8, 4) is 11.8 Å². The molecule has 7 heteroatoms. The number of carbonyl (C=O) groups is 1. The van der Waals surface area contributed by atoms with Crippen molar-refractivity contribution in [3.63, 3.8) is 0 Å². The number of hydrogen-bond acceptors (Lipinski definition) is 6. The SMILES string of the molecule is COc1ccc(C(=O)N2CCC[C@@H](OCc3ccccn3)C2)c(OC)n1. The first-order chi connectivity index (χ1) is 12.7. The molecule has 1 aliphatic heterocycles. The van der Waals surface area contributed by atoms with E-state index < -0.39 is 0 Å². The fourth-order valence-electron chi connectivity index (χ4n) is 2.97. The highest BCUT2D eigenvalue weighted by atomic mass is 16.5. The topological polar surface area (TPSA) is 73.8 Å². The molecule has 3 rings (SSSR count). The number of pyridine rings is 2. The third-order valence-electron chi connectivity index (χ3n) is 4.33. The van der Waals surface area contributed by atoms with Gasteiger partial charge in [0.15, 0.2) is 0 Å². The van der Waals surface area contributed by atoms with E-state index in [4.69, 9.17) is 14.2 Å². The molecule has 0 spiro atoms. The molecule has 0 unspecified atom stereocenters. The molecule has 1 atom stereocenters. The molecule has 0 bridgehead atoms. The normalized spacial score (nSPS) is 17.0. The Kier molecular flexibility index (Phi) is 6.01. The second-order valence-electron chi connectivity index (χ2n) is 6.06. The van der Waals surface area contributed by atoms with Gasteiger partial charge >= 0.3 is 0 Å². The lowest BCUT2D eigenvalue weighted by atomic mass is 10.1. The molecule has 1 fully saturated rings. The maximum atomic E-state index is 12.9. The van der Waals surface area contributed by atoms with E-state index in [1.807, 2.05) is 18.2 Å². The number of carbonyl (C=O) groups excluding carboxylic acids is 1. The first-order valence-corrected chi connectivity index (χ1v) is 8.61. The van der Waals surface area contributed by atoms with Crippen LogP contribution < -0.4 is 9.47 Å². The average molecular weight is 357 g/mol. The molecule has 0 aliphatic carbocycles. The van der Waals surface area contributed by atoms with Gasteiger partial charge in [-0.25, -0.2) is 0 Å². The van der Waals surface area contributed by atoms with Gasteiger partial charge in [-0.3, -0.25) is 9.78 Å². The summed E-state index contributed by atoms with van der Waals surface area (Å²) < 4.78 is 16.3. The maximum absolute atomic E-state index is 12.9. The Hall–Kier alpha value is -2.67. The zero-order chi connectivity index (χ0) is 18.4. The third-order valence-corrected chi connectivity index (χ3v) is 4.33. The summed E-state index contributed by atoms with van der Waals surface area (Å²) in [6.07, 6.45) is 3.56. The van der Waals surface area contributed by atoms with Gasteiger partial charge in [0.25, 0.3) is 5.91 Å². The van der Waals surface area contributed by atoms with Crippen LogP contribution in [-0.2, 0) is 11.3 Å². The summed E-state index contributed by atoms with van der Waals surface area (Å²) in [6, 6.07) is 9.09. The zero-order valence-corrected chi connectivity index (χ0v) is 15.1. The van der Waals surface area contributed by atoms with Crippen molar-refractivity contribution >= 4 is 5.91 Å². The average Bonchev–Trinajstić information content (AvgIpc) is 2.72. The second kappa shape index (κ2) is 8.62. The number of nitrogens with zero attached hydrogens (tertiary/aromatic N) is 3. The molecule has 2 aromatic heterocycles. The van der Waals surface area contributed by atoms with Gasteiger partial charge in [-0.05, 0) is 31.0 Å². The van der Waals surface area contributed by atoms with Crippen molar-refractivity contribution in [1.29, 1.82) is 0 Å². The molecule has 1 amide bonds. The van der Waals surface area contributed by atoms with Gasteiger partial charge in [0.1, 0.15) is 5.56 Å². The van der Waals surface area contributed by atoms with Crippen LogP contribution in [0.1, 0.15) is 28.9 Å². The van der Waals surface area contributed by atoms with Gasteiger partial charge in [0.05, 0.1) is 32.6 Å². The first kappa shape index (κ1) is 18.1. The Morgan fingerprint density at radius 3 is 2.85 bits per heavy atom. The number of rotatable bonds is 6. The summed E-state index contributed by atoms with van der Waals surface area (Å²) in [5.74, 6) is 0.572. The number of amides is 1. The molecule has 0 aromatic carbocycles. The van der Waals surface area contributed by atoms with Crippen LogP contribution in [0.15, 0.2) is 36.5 Å². The summed E-state index contributed by atoms with van der Waals surface area (Å²) in [5, 5.41) is 0. The third kappa shape index (κ3) is 4.29. The van der Waals surface area contributed by atoms with Crippen LogP contribution >= 0.6 is 0 Å². The second-order valence-corrected chi connectivity index (χ2v) is 6.06. The summed E-state index contributed by atoms with van der Waals surface area (Å²) in [6.45, 7) is 1.68. The van der Waals surface area contributed by atoms with Gasteiger partial charge in [-0.1, -0.05) is 6.07 Å². The number of hydrogen-bond donors (Lipinski definition) is 0. The van der Waals surface area contributed by atoms with E-state index in [0.29, 0.717) is 31.1 Å². The minimum Gasteiger partial charge on any atom is -0.481 e. The summed E-state index contributed by atoms with van der Waals surface area (Å²) in [7, 11) is 3.02. The van der Waals surface area contributed by atoms with Crippen molar-refractivity contribution in [2.24, 2.45) is 0 Å². The largest absolute Gasteiger partial charge is 0.481 e. The Balaban J connectivity index is 1.64. The highest BCUT2D eigenvalue weighted by molar-refractivity contribution is 5.96. The molecule has 3 heterocycles. The predicted molar refractivity (Wildman–Crippen MR) is 95.3 cm³/mol. The van der Waals surface area contributed by atoms with E-state index in [1.54, 1.807) is 23.2 Å². The molecule has 1 aliphatic rings. The maximum Gasteiger partial charge on any atom is 0.259 e. The molecule has 138 valence electrons. The molecule has 2 aromatic rings. The van der Waals surface area contributed by atoms with E-state index in [0.717, 1.165) is 18.5 Å². The van der Waals surface area contributed by atoms with Gasteiger partial charge in [0.2, 0.25) is 11.8 Å². The van der Waals surface area contributed by atoms with E-state index >= 15 is 0 Å². The van der Waals surface area contributed by atoms with Crippen LogP contribution in [0, 0.1) is 0 Å². The van der Waals surface area contributed by atoms with Crippen molar-refractivity contribution in [2.75, 3.05) is 27.3 Å². The van der Waals surface area contributed by atoms with Crippen LogP contribution in [0.2, 0.25) is 0 Å². The lowest BCUT2D eigenvalue weighted by molar-refractivity contribution is -0.00795. The lowest BCUT2D eigenvalue weighted by Gasteiger charge is -2.32. The molecule has 0 radical (unpaired) electrons. The van der Waals surface area contributed by atoms with E-state index in [1.165, 1.54) is 14.2 Å². The number of methoxy groups -OCH3 is 2. The van der Waals surface area contributed by atoms with Crippen LogP contribution in [0.5, 0.6) is 11.8 Å². The van der Waals surface area contributed by atoms with Gasteiger partial charge < -0.3 is 19.1 Å². The van der Waals surface area contributed by atoms with Gasteiger partial charge in [0, 0.05) is 25.4 Å². The Morgan fingerprint density at radius 1 is 1.23 bits per heavy atom. The Labute approximate surface area is 152 Å². The highest BCUT2D eigenvalue weighted by Gasteiger charge is 2.27. The number of likely N-dealkylation sites (tertiary alicyclic amines) is 1.